The molecule has 0 amide bonds. The van der Waals surface area contributed by atoms with E-state index in [4.69, 9.17) is 32.7 Å². The van der Waals surface area contributed by atoms with E-state index in [1.54, 1.807) is 19.2 Å². The van der Waals surface area contributed by atoms with E-state index in [0.717, 1.165) is 27.8 Å². The molecule has 4 aromatic rings. The number of para-hydroxylation sites is 1. The van der Waals surface area contributed by atoms with Crippen molar-refractivity contribution < 1.29 is 9.47 Å². The third-order valence-electron chi connectivity index (χ3n) is 4.26. The van der Waals surface area contributed by atoms with Gasteiger partial charge in [-0.25, -0.2) is 4.98 Å². The third kappa shape index (κ3) is 3.88. The van der Waals surface area contributed by atoms with Crippen LogP contribution in [0.5, 0.6) is 11.6 Å². The molecule has 0 aliphatic carbocycles. The summed E-state index contributed by atoms with van der Waals surface area (Å²) in [5.74, 6) is 1.82. The summed E-state index contributed by atoms with van der Waals surface area (Å²) in [6, 6.07) is 20.8. The Labute approximate surface area is 172 Å². The van der Waals surface area contributed by atoms with Gasteiger partial charge >= 0.3 is 0 Å². The Hall–Kier alpha value is -2.82. The molecular formula is C22H16Cl2N2O2. The van der Waals surface area contributed by atoms with E-state index in [1.165, 1.54) is 0 Å². The lowest BCUT2D eigenvalue weighted by Crippen LogP contribution is -2.01. The molecule has 0 N–H and O–H groups in total. The number of hydrogen-bond donors (Lipinski definition) is 0. The minimum absolute atomic E-state index is 0.360. The van der Waals surface area contributed by atoms with Gasteiger partial charge in [-0.3, -0.25) is 0 Å². The van der Waals surface area contributed by atoms with Crippen LogP contribution in [-0.4, -0.2) is 17.1 Å². The van der Waals surface area contributed by atoms with Crippen LogP contribution < -0.4 is 9.47 Å². The molecule has 3 aromatic carbocycles. The number of rotatable bonds is 5. The normalized spacial score (nSPS) is 10.8. The Morgan fingerprint density at radius 3 is 2.54 bits per heavy atom. The Morgan fingerprint density at radius 1 is 0.857 bits per heavy atom. The van der Waals surface area contributed by atoms with Crippen molar-refractivity contribution in [1.82, 2.24) is 9.97 Å². The molecule has 4 rings (SSSR count). The highest BCUT2D eigenvalue weighted by Gasteiger charge is 2.12. The summed E-state index contributed by atoms with van der Waals surface area (Å²) in [5, 5.41) is 1.78. The molecule has 0 spiro atoms. The lowest BCUT2D eigenvalue weighted by Gasteiger charge is -2.11. The van der Waals surface area contributed by atoms with Crippen LogP contribution in [0.4, 0.5) is 0 Å². The molecular weight excluding hydrogens is 395 g/mol. The summed E-state index contributed by atoms with van der Waals surface area (Å²) < 4.78 is 11.3. The Morgan fingerprint density at radius 2 is 1.71 bits per heavy atom. The third-order valence-corrected chi connectivity index (χ3v) is 4.99. The van der Waals surface area contributed by atoms with E-state index in [-0.39, 0.29) is 0 Å². The first-order chi connectivity index (χ1) is 13.6. The monoisotopic (exact) mass is 410 g/mol. The molecule has 28 heavy (non-hydrogen) atoms. The number of hydrogen-bond acceptors (Lipinski definition) is 4. The number of nitrogens with zero attached hydrogens (tertiary/aromatic N) is 2. The molecule has 0 aliphatic rings. The average Bonchev–Trinajstić information content (AvgIpc) is 2.74. The van der Waals surface area contributed by atoms with E-state index in [9.17, 15) is 0 Å². The predicted molar refractivity (Wildman–Crippen MR) is 112 cm³/mol. The van der Waals surface area contributed by atoms with E-state index < -0.39 is 0 Å². The van der Waals surface area contributed by atoms with Crippen molar-refractivity contribution in [2.75, 3.05) is 7.11 Å². The van der Waals surface area contributed by atoms with Crippen LogP contribution in [-0.2, 0) is 6.61 Å². The van der Waals surface area contributed by atoms with Crippen LogP contribution in [0.25, 0.3) is 22.3 Å². The van der Waals surface area contributed by atoms with Crippen LogP contribution in [0.1, 0.15) is 5.56 Å². The van der Waals surface area contributed by atoms with E-state index in [0.29, 0.717) is 28.4 Å². The molecule has 0 atom stereocenters. The predicted octanol–water partition coefficient (Wildman–Crippen LogP) is 6.19. The van der Waals surface area contributed by atoms with Gasteiger partial charge in [0.2, 0.25) is 5.88 Å². The highest BCUT2D eigenvalue weighted by atomic mass is 35.5. The SMILES string of the molecule is COc1cccc(COc2nc(-c3ccc(Cl)c(Cl)c3)nc3ccccc23)c1. The molecule has 4 nitrogen and oxygen atoms in total. The van der Waals surface area contributed by atoms with Gasteiger partial charge < -0.3 is 9.47 Å². The second kappa shape index (κ2) is 8.05. The molecule has 0 bridgehead atoms. The van der Waals surface area contributed by atoms with Crippen LogP contribution in [0.2, 0.25) is 10.0 Å². The second-order valence-corrected chi connectivity index (χ2v) is 6.95. The number of ether oxygens (including phenoxy) is 2. The van der Waals surface area contributed by atoms with Crippen LogP contribution >= 0.6 is 23.2 Å². The number of fused-ring (bicyclic) bond motifs is 1. The molecule has 1 heterocycles. The molecule has 0 aliphatic heterocycles. The number of halogens is 2. The average molecular weight is 411 g/mol. The van der Waals surface area contributed by atoms with Gasteiger partial charge in [0.1, 0.15) is 12.4 Å². The minimum Gasteiger partial charge on any atom is -0.497 e. The Balaban J connectivity index is 1.72. The maximum Gasteiger partial charge on any atom is 0.225 e. The summed E-state index contributed by atoms with van der Waals surface area (Å²) >= 11 is 12.2. The number of methoxy groups -OCH3 is 1. The van der Waals surface area contributed by atoms with Gasteiger partial charge in [-0.2, -0.15) is 4.98 Å². The smallest absolute Gasteiger partial charge is 0.225 e. The van der Waals surface area contributed by atoms with Gasteiger partial charge in [-0.1, -0.05) is 47.5 Å². The van der Waals surface area contributed by atoms with Crippen molar-refractivity contribution >= 4 is 34.1 Å². The molecule has 0 radical (unpaired) electrons. The van der Waals surface area contributed by atoms with Gasteiger partial charge in [0, 0.05) is 5.56 Å². The van der Waals surface area contributed by atoms with Gasteiger partial charge in [-0.15, -0.1) is 0 Å². The van der Waals surface area contributed by atoms with Crippen molar-refractivity contribution in [1.29, 1.82) is 0 Å². The quantitative estimate of drug-likeness (QED) is 0.393. The first-order valence-electron chi connectivity index (χ1n) is 8.62. The van der Waals surface area contributed by atoms with Gasteiger partial charge in [0.25, 0.3) is 0 Å². The lowest BCUT2D eigenvalue weighted by atomic mass is 10.2. The van der Waals surface area contributed by atoms with Gasteiger partial charge in [0.15, 0.2) is 5.82 Å². The topological polar surface area (TPSA) is 44.2 Å². The van der Waals surface area contributed by atoms with Gasteiger partial charge in [-0.05, 0) is 48.0 Å². The maximum atomic E-state index is 6.16. The number of aromatic nitrogens is 2. The fourth-order valence-corrected chi connectivity index (χ4v) is 3.13. The highest BCUT2D eigenvalue weighted by molar-refractivity contribution is 6.42. The zero-order valence-corrected chi connectivity index (χ0v) is 16.5. The zero-order chi connectivity index (χ0) is 19.5. The van der Waals surface area contributed by atoms with Crippen molar-refractivity contribution in [3.8, 4) is 23.0 Å². The van der Waals surface area contributed by atoms with Crippen LogP contribution in [0.3, 0.4) is 0 Å². The van der Waals surface area contributed by atoms with Crippen molar-refractivity contribution in [2.24, 2.45) is 0 Å². The summed E-state index contributed by atoms with van der Waals surface area (Å²) in [7, 11) is 1.64. The van der Waals surface area contributed by atoms with E-state index in [1.807, 2.05) is 54.6 Å². The van der Waals surface area contributed by atoms with E-state index >= 15 is 0 Å². The minimum atomic E-state index is 0.360. The summed E-state index contributed by atoms with van der Waals surface area (Å²) in [6.45, 7) is 0.360. The van der Waals surface area contributed by atoms with Gasteiger partial charge in [0.05, 0.1) is 28.1 Å². The van der Waals surface area contributed by atoms with Crippen LogP contribution in [0.15, 0.2) is 66.7 Å². The van der Waals surface area contributed by atoms with Crippen LogP contribution in [0, 0.1) is 0 Å². The first-order valence-corrected chi connectivity index (χ1v) is 9.37. The molecule has 0 saturated heterocycles. The summed E-state index contributed by atoms with van der Waals surface area (Å²) in [6.07, 6.45) is 0. The fourth-order valence-electron chi connectivity index (χ4n) is 2.84. The fraction of sp³-hybridized carbons (Fsp3) is 0.0909. The van der Waals surface area contributed by atoms with Crippen molar-refractivity contribution in [3.05, 3.63) is 82.3 Å². The molecule has 0 fully saturated rings. The summed E-state index contributed by atoms with van der Waals surface area (Å²) in [5.41, 5.74) is 2.55. The second-order valence-electron chi connectivity index (χ2n) is 6.14. The largest absolute Gasteiger partial charge is 0.497 e. The lowest BCUT2D eigenvalue weighted by molar-refractivity contribution is 0.297. The molecule has 0 saturated carbocycles. The Bertz CT molecular complexity index is 1150. The molecule has 140 valence electrons. The van der Waals surface area contributed by atoms with E-state index in [2.05, 4.69) is 9.97 Å². The van der Waals surface area contributed by atoms with Crippen molar-refractivity contribution in [3.63, 3.8) is 0 Å². The zero-order valence-electron chi connectivity index (χ0n) is 15.0. The highest BCUT2D eigenvalue weighted by Crippen LogP contribution is 2.30. The molecule has 0 unspecified atom stereocenters. The van der Waals surface area contributed by atoms with Crippen molar-refractivity contribution in [2.45, 2.75) is 6.61 Å². The Kier molecular flexibility index (Phi) is 5.33. The molecule has 6 heteroatoms. The molecule has 1 aromatic heterocycles. The standard InChI is InChI=1S/C22H16Cl2N2O2/c1-27-16-6-4-5-14(11-16)13-28-22-17-7-2-3-8-20(17)25-21(26-22)15-9-10-18(23)19(24)12-15/h2-12H,13H2,1H3. The maximum absolute atomic E-state index is 6.16. The summed E-state index contributed by atoms with van der Waals surface area (Å²) in [4.78, 5) is 9.28. The number of benzene rings is 3. The first kappa shape index (κ1) is 18.5.